The van der Waals surface area contributed by atoms with E-state index in [1.165, 1.54) is 11.1 Å². The molecule has 1 unspecified atom stereocenters. The summed E-state index contributed by atoms with van der Waals surface area (Å²) in [6.45, 7) is 8.65. The minimum atomic E-state index is -0.152. The molecule has 1 aliphatic carbocycles. The summed E-state index contributed by atoms with van der Waals surface area (Å²) in [6, 6.07) is 8.60. The number of hydrogen-bond acceptors (Lipinski definition) is 2. The molecule has 0 bridgehead atoms. The Kier molecular flexibility index (Phi) is 2.20. The lowest BCUT2D eigenvalue weighted by Gasteiger charge is -2.59. The molecule has 1 heterocycles. The summed E-state index contributed by atoms with van der Waals surface area (Å²) in [5.41, 5.74) is 2.63. The highest BCUT2D eigenvalue weighted by molar-refractivity contribution is 5.45. The topological polar surface area (TPSA) is 18.5 Å². The van der Waals surface area contributed by atoms with E-state index in [0.29, 0.717) is 0 Å². The zero-order valence-electron chi connectivity index (χ0n) is 11.0. The molecule has 0 amide bonds. The summed E-state index contributed by atoms with van der Waals surface area (Å²) in [5, 5.41) is 0. The standard InChI is InChI=1S/C15H20O2/c1-10-14(3,4)15(17-11(2)16-10)9-12-7-5-6-8-13(12)15/h5-8,10-11H,9H2,1-4H3/t10-,11?,15-/m1/s1. The maximum absolute atomic E-state index is 6.20. The molecule has 0 N–H and O–H groups in total. The third-order valence-corrected chi connectivity index (χ3v) is 4.71. The van der Waals surface area contributed by atoms with Crippen LogP contribution in [0.1, 0.15) is 38.8 Å². The molecule has 3 rings (SSSR count). The molecule has 2 nitrogen and oxygen atoms in total. The highest BCUT2D eigenvalue weighted by atomic mass is 16.7. The molecule has 3 atom stereocenters. The zero-order chi connectivity index (χ0) is 12.3. The number of fused-ring (bicyclic) bond motifs is 2. The minimum Gasteiger partial charge on any atom is -0.349 e. The van der Waals surface area contributed by atoms with Gasteiger partial charge in [-0.2, -0.15) is 0 Å². The Bertz CT molecular complexity index is 452. The normalized spacial score (nSPS) is 38.6. The fourth-order valence-corrected chi connectivity index (χ4v) is 3.25. The molecule has 0 aromatic heterocycles. The lowest BCUT2D eigenvalue weighted by molar-refractivity contribution is -0.340. The Morgan fingerprint density at radius 1 is 1.18 bits per heavy atom. The summed E-state index contributed by atoms with van der Waals surface area (Å²) in [7, 11) is 0. The van der Waals surface area contributed by atoms with Crippen molar-refractivity contribution in [1.29, 1.82) is 0 Å². The molecule has 1 aliphatic heterocycles. The van der Waals surface area contributed by atoms with Crippen molar-refractivity contribution in [3.05, 3.63) is 35.4 Å². The van der Waals surface area contributed by atoms with E-state index in [1.54, 1.807) is 0 Å². The molecule has 0 radical (unpaired) electrons. The molecule has 1 aromatic rings. The van der Waals surface area contributed by atoms with E-state index in [0.717, 1.165) is 6.42 Å². The van der Waals surface area contributed by atoms with Crippen molar-refractivity contribution in [1.82, 2.24) is 0 Å². The van der Waals surface area contributed by atoms with Crippen LogP contribution in [0.25, 0.3) is 0 Å². The van der Waals surface area contributed by atoms with Gasteiger partial charge in [0.1, 0.15) is 5.60 Å². The Morgan fingerprint density at radius 2 is 1.88 bits per heavy atom. The van der Waals surface area contributed by atoms with Crippen LogP contribution in [-0.2, 0) is 21.5 Å². The summed E-state index contributed by atoms with van der Waals surface area (Å²) in [6.07, 6.45) is 1.10. The van der Waals surface area contributed by atoms with Crippen molar-refractivity contribution in [2.75, 3.05) is 0 Å². The van der Waals surface area contributed by atoms with Crippen molar-refractivity contribution in [2.24, 2.45) is 5.41 Å². The maximum Gasteiger partial charge on any atom is 0.156 e. The van der Waals surface area contributed by atoms with E-state index in [-0.39, 0.29) is 23.4 Å². The van der Waals surface area contributed by atoms with Gasteiger partial charge in [-0.1, -0.05) is 38.1 Å². The minimum absolute atomic E-state index is 0.00780. The SMILES string of the molecule is CC1O[C@H](C)C(C)(C)[C@]2(Cc3ccccc32)O1. The Labute approximate surface area is 103 Å². The summed E-state index contributed by atoms with van der Waals surface area (Å²) in [4.78, 5) is 0. The molecule has 2 heteroatoms. The molecule has 1 saturated heterocycles. The fraction of sp³-hybridized carbons (Fsp3) is 0.600. The molecule has 17 heavy (non-hydrogen) atoms. The van der Waals surface area contributed by atoms with Gasteiger partial charge in [-0.05, 0) is 25.0 Å². The van der Waals surface area contributed by atoms with Crippen LogP contribution in [0.15, 0.2) is 24.3 Å². The molecule has 92 valence electrons. The first-order valence-corrected chi connectivity index (χ1v) is 6.39. The van der Waals surface area contributed by atoms with Crippen LogP contribution in [0.4, 0.5) is 0 Å². The van der Waals surface area contributed by atoms with Crippen LogP contribution in [0.2, 0.25) is 0 Å². The fourth-order valence-electron chi connectivity index (χ4n) is 3.25. The van der Waals surface area contributed by atoms with Gasteiger partial charge in [-0.3, -0.25) is 0 Å². The van der Waals surface area contributed by atoms with Gasteiger partial charge in [-0.15, -0.1) is 0 Å². The highest BCUT2D eigenvalue weighted by Gasteiger charge is 2.60. The van der Waals surface area contributed by atoms with Gasteiger partial charge in [0, 0.05) is 11.8 Å². The lowest BCUT2D eigenvalue weighted by atomic mass is 9.57. The third kappa shape index (κ3) is 1.28. The van der Waals surface area contributed by atoms with E-state index in [4.69, 9.17) is 9.47 Å². The molecule has 0 saturated carbocycles. The van der Waals surface area contributed by atoms with Gasteiger partial charge in [-0.25, -0.2) is 0 Å². The predicted octanol–water partition coefficient (Wildman–Crippen LogP) is 3.25. The largest absolute Gasteiger partial charge is 0.349 e. The Balaban J connectivity index is 2.08. The van der Waals surface area contributed by atoms with E-state index >= 15 is 0 Å². The average Bonchev–Trinajstić information content (AvgIpc) is 2.23. The lowest BCUT2D eigenvalue weighted by Crippen LogP contribution is -2.62. The Hall–Kier alpha value is -0.860. The monoisotopic (exact) mass is 232 g/mol. The summed E-state index contributed by atoms with van der Waals surface area (Å²) >= 11 is 0. The number of rotatable bonds is 0. The van der Waals surface area contributed by atoms with Gasteiger partial charge < -0.3 is 9.47 Å². The van der Waals surface area contributed by atoms with Crippen LogP contribution in [-0.4, -0.2) is 12.4 Å². The number of hydrogen-bond donors (Lipinski definition) is 0. The second kappa shape index (κ2) is 3.33. The van der Waals surface area contributed by atoms with Crippen LogP contribution in [0.5, 0.6) is 0 Å². The molecule has 2 aliphatic rings. The van der Waals surface area contributed by atoms with Crippen molar-refractivity contribution < 1.29 is 9.47 Å². The van der Waals surface area contributed by atoms with Crippen LogP contribution >= 0.6 is 0 Å². The third-order valence-electron chi connectivity index (χ3n) is 4.71. The van der Waals surface area contributed by atoms with E-state index in [1.807, 2.05) is 6.92 Å². The van der Waals surface area contributed by atoms with E-state index in [2.05, 4.69) is 45.0 Å². The number of benzene rings is 1. The molecule has 1 spiro atoms. The smallest absolute Gasteiger partial charge is 0.156 e. The van der Waals surface area contributed by atoms with Crippen molar-refractivity contribution in [3.8, 4) is 0 Å². The van der Waals surface area contributed by atoms with Gasteiger partial charge in [0.2, 0.25) is 0 Å². The highest BCUT2D eigenvalue weighted by Crippen LogP contribution is 2.58. The number of ether oxygens (including phenoxy) is 2. The first kappa shape index (κ1) is 11.2. The molecular formula is C15H20O2. The first-order valence-electron chi connectivity index (χ1n) is 6.39. The first-order chi connectivity index (χ1) is 7.97. The van der Waals surface area contributed by atoms with Gasteiger partial charge in [0.25, 0.3) is 0 Å². The maximum atomic E-state index is 6.20. The molecule has 1 aromatic carbocycles. The van der Waals surface area contributed by atoms with Crippen molar-refractivity contribution >= 4 is 0 Å². The van der Waals surface area contributed by atoms with Gasteiger partial charge in [0.05, 0.1) is 6.10 Å². The van der Waals surface area contributed by atoms with Crippen molar-refractivity contribution in [3.63, 3.8) is 0 Å². The molecule has 1 fully saturated rings. The van der Waals surface area contributed by atoms with Crippen molar-refractivity contribution in [2.45, 2.75) is 52.1 Å². The quantitative estimate of drug-likeness (QED) is 0.683. The van der Waals surface area contributed by atoms with E-state index in [9.17, 15) is 0 Å². The van der Waals surface area contributed by atoms with Crippen LogP contribution in [0.3, 0.4) is 0 Å². The van der Waals surface area contributed by atoms with Gasteiger partial charge in [0.15, 0.2) is 6.29 Å². The average molecular weight is 232 g/mol. The summed E-state index contributed by atoms with van der Waals surface area (Å²) in [5.74, 6) is 0. The summed E-state index contributed by atoms with van der Waals surface area (Å²) < 4.78 is 12.0. The molecular weight excluding hydrogens is 212 g/mol. The zero-order valence-corrected chi connectivity index (χ0v) is 11.0. The van der Waals surface area contributed by atoms with Crippen LogP contribution in [0, 0.1) is 5.41 Å². The predicted molar refractivity (Wildman–Crippen MR) is 66.7 cm³/mol. The van der Waals surface area contributed by atoms with Crippen LogP contribution < -0.4 is 0 Å². The Morgan fingerprint density at radius 3 is 2.59 bits per heavy atom. The van der Waals surface area contributed by atoms with Gasteiger partial charge >= 0.3 is 0 Å². The van der Waals surface area contributed by atoms with E-state index < -0.39 is 0 Å². The second-order valence-electron chi connectivity index (χ2n) is 5.85. The second-order valence-corrected chi connectivity index (χ2v) is 5.85.